The molecule has 10 heteroatoms. The number of carbonyl (C=O) groups is 2. The van der Waals surface area contributed by atoms with Gasteiger partial charge < -0.3 is 15.2 Å². The summed E-state index contributed by atoms with van der Waals surface area (Å²) in [5.41, 5.74) is -0.201. The Morgan fingerprint density at radius 3 is 2.50 bits per heavy atom. The molecular formula is C22H19F3N4O2S. The van der Waals surface area contributed by atoms with Gasteiger partial charge in [-0.3, -0.25) is 9.59 Å². The maximum absolute atomic E-state index is 12.9. The number of alkyl halides is 3. The molecule has 6 nitrogen and oxygen atoms in total. The van der Waals surface area contributed by atoms with Crippen LogP contribution in [0.25, 0.3) is 0 Å². The average molecular weight is 460 g/mol. The Hall–Kier alpha value is -3.27. The van der Waals surface area contributed by atoms with Gasteiger partial charge in [0.25, 0.3) is 5.91 Å². The van der Waals surface area contributed by atoms with E-state index in [1.807, 2.05) is 6.20 Å². The highest BCUT2D eigenvalue weighted by Crippen LogP contribution is 2.37. The molecule has 0 aliphatic heterocycles. The van der Waals surface area contributed by atoms with E-state index in [2.05, 4.69) is 20.2 Å². The number of thioether (sulfide) groups is 1. The predicted octanol–water partition coefficient (Wildman–Crippen LogP) is 5.22. The van der Waals surface area contributed by atoms with Crippen molar-refractivity contribution in [3.8, 4) is 0 Å². The minimum Gasteiger partial charge on any atom is -0.325 e. The van der Waals surface area contributed by atoms with Gasteiger partial charge in [-0.2, -0.15) is 13.2 Å². The number of aromatic nitrogens is 2. The molecule has 1 fully saturated rings. The molecule has 166 valence electrons. The van der Waals surface area contributed by atoms with Crippen LogP contribution in [0.15, 0.2) is 66.1 Å². The molecule has 0 radical (unpaired) electrons. The molecular weight excluding hydrogens is 441 g/mol. The Labute approximate surface area is 186 Å². The third kappa shape index (κ3) is 5.50. The largest absolute Gasteiger partial charge is 0.416 e. The summed E-state index contributed by atoms with van der Waals surface area (Å²) >= 11 is 1.33. The van der Waals surface area contributed by atoms with E-state index < -0.39 is 17.6 Å². The summed E-state index contributed by atoms with van der Waals surface area (Å²) in [7, 11) is 0. The second-order valence-corrected chi connectivity index (χ2v) is 8.24. The summed E-state index contributed by atoms with van der Waals surface area (Å²) < 4.78 is 40.6. The zero-order valence-corrected chi connectivity index (χ0v) is 17.5. The van der Waals surface area contributed by atoms with Crippen molar-refractivity contribution in [2.24, 2.45) is 0 Å². The Bertz CT molecular complexity index is 1140. The van der Waals surface area contributed by atoms with Crippen LogP contribution in [-0.4, -0.2) is 27.1 Å². The number of benzene rings is 2. The normalized spacial score (nSPS) is 13.6. The third-order valence-corrected chi connectivity index (χ3v) is 5.74. The van der Waals surface area contributed by atoms with Crippen molar-refractivity contribution in [1.82, 2.24) is 9.55 Å². The second kappa shape index (κ2) is 9.07. The number of rotatable bonds is 7. The first kappa shape index (κ1) is 21.9. The third-order valence-electron chi connectivity index (χ3n) is 4.76. The molecule has 2 N–H and O–H groups in total. The Balaban J connectivity index is 1.36. The van der Waals surface area contributed by atoms with E-state index in [1.54, 1.807) is 18.3 Å². The van der Waals surface area contributed by atoms with Gasteiger partial charge >= 0.3 is 6.18 Å². The van der Waals surface area contributed by atoms with Crippen LogP contribution in [0.4, 0.5) is 24.5 Å². The van der Waals surface area contributed by atoms with Crippen molar-refractivity contribution in [3.05, 3.63) is 72.1 Å². The van der Waals surface area contributed by atoms with E-state index >= 15 is 0 Å². The summed E-state index contributed by atoms with van der Waals surface area (Å²) in [5.74, 6) is -0.679. The topological polar surface area (TPSA) is 76.0 Å². The van der Waals surface area contributed by atoms with Crippen LogP contribution in [0.3, 0.4) is 0 Å². The van der Waals surface area contributed by atoms with Crippen molar-refractivity contribution in [2.45, 2.75) is 30.2 Å². The van der Waals surface area contributed by atoms with E-state index in [0.717, 1.165) is 30.1 Å². The molecule has 32 heavy (non-hydrogen) atoms. The number of amides is 2. The molecule has 0 unspecified atom stereocenters. The SMILES string of the molecule is O=C(CSc1nccn1C1CC1)Nc1cccc(C(=O)Nc2cccc(C(F)(F)F)c2)c1. The summed E-state index contributed by atoms with van der Waals surface area (Å²) in [5, 5.41) is 5.97. The van der Waals surface area contributed by atoms with E-state index in [9.17, 15) is 22.8 Å². The molecule has 1 saturated carbocycles. The van der Waals surface area contributed by atoms with Crippen molar-refractivity contribution in [3.63, 3.8) is 0 Å². The fourth-order valence-corrected chi connectivity index (χ4v) is 3.91. The molecule has 1 aromatic heterocycles. The lowest BCUT2D eigenvalue weighted by molar-refractivity contribution is -0.137. The zero-order chi connectivity index (χ0) is 22.7. The molecule has 2 aromatic carbocycles. The van der Waals surface area contributed by atoms with Crippen LogP contribution >= 0.6 is 11.8 Å². The molecule has 0 atom stereocenters. The number of imidazole rings is 1. The van der Waals surface area contributed by atoms with Gasteiger partial charge in [-0.15, -0.1) is 0 Å². The summed E-state index contributed by atoms with van der Waals surface area (Å²) in [6, 6.07) is 11.1. The van der Waals surface area contributed by atoms with Gasteiger partial charge in [0.1, 0.15) is 0 Å². The van der Waals surface area contributed by atoms with Gasteiger partial charge in [-0.1, -0.05) is 23.9 Å². The van der Waals surface area contributed by atoms with Crippen LogP contribution in [0.2, 0.25) is 0 Å². The average Bonchev–Trinajstić information content (AvgIpc) is 3.49. The quantitative estimate of drug-likeness (QED) is 0.474. The molecule has 0 bridgehead atoms. The fourth-order valence-electron chi connectivity index (χ4n) is 3.08. The smallest absolute Gasteiger partial charge is 0.325 e. The van der Waals surface area contributed by atoms with Gasteiger partial charge in [0.05, 0.1) is 11.3 Å². The minimum absolute atomic E-state index is 0.0295. The lowest BCUT2D eigenvalue weighted by Crippen LogP contribution is -2.16. The molecule has 1 heterocycles. The van der Waals surface area contributed by atoms with Crippen molar-refractivity contribution >= 4 is 35.0 Å². The van der Waals surface area contributed by atoms with E-state index in [0.29, 0.717) is 11.7 Å². The highest BCUT2D eigenvalue weighted by Gasteiger charge is 2.30. The van der Waals surface area contributed by atoms with Gasteiger partial charge in [-0.05, 0) is 49.2 Å². The maximum atomic E-state index is 12.9. The van der Waals surface area contributed by atoms with Crippen molar-refractivity contribution < 1.29 is 22.8 Å². The lowest BCUT2D eigenvalue weighted by Gasteiger charge is -2.11. The minimum atomic E-state index is -4.50. The van der Waals surface area contributed by atoms with Gasteiger partial charge in [0.15, 0.2) is 5.16 Å². The Kier molecular flexibility index (Phi) is 6.22. The summed E-state index contributed by atoms with van der Waals surface area (Å²) in [6.45, 7) is 0. The molecule has 2 amide bonds. The Morgan fingerprint density at radius 1 is 1.06 bits per heavy atom. The highest BCUT2D eigenvalue weighted by atomic mass is 32.2. The zero-order valence-electron chi connectivity index (χ0n) is 16.7. The molecule has 0 spiro atoms. The lowest BCUT2D eigenvalue weighted by atomic mass is 10.1. The molecule has 1 aliphatic carbocycles. The Morgan fingerprint density at radius 2 is 1.78 bits per heavy atom. The monoisotopic (exact) mass is 460 g/mol. The summed E-state index contributed by atoms with van der Waals surface area (Å²) in [4.78, 5) is 29.1. The number of carbonyl (C=O) groups excluding carboxylic acids is 2. The number of anilines is 2. The fraction of sp³-hybridized carbons (Fsp3) is 0.227. The maximum Gasteiger partial charge on any atom is 0.416 e. The van der Waals surface area contributed by atoms with Crippen molar-refractivity contribution in [2.75, 3.05) is 16.4 Å². The van der Waals surface area contributed by atoms with Crippen LogP contribution in [0.5, 0.6) is 0 Å². The first-order valence-electron chi connectivity index (χ1n) is 9.84. The second-order valence-electron chi connectivity index (χ2n) is 7.30. The molecule has 1 aliphatic rings. The number of nitrogens with zero attached hydrogens (tertiary/aromatic N) is 2. The van der Waals surface area contributed by atoms with Crippen LogP contribution < -0.4 is 10.6 Å². The van der Waals surface area contributed by atoms with Crippen LogP contribution in [0.1, 0.15) is 34.8 Å². The van der Waals surface area contributed by atoms with Crippen molar-refractivity contribution in [1.29, 1.82) is 0 Å². The highest BCUT2D eigenvalue weighted by molar-refractivity contribution is 7.99. The number of halogens is 3. The van der Waals surface area contributed by atoms with E-state index in [4.69, 9.17) is 0 Å². The van der Waals surface area contributed by atoms with E-state index in [-0.39, 0.29) is 22.9 Å². The first-order chi connectivity index (χ1) is 15.3. The van der Waals surface area contributed by atoms with Gasteiger partial charge in [-0.25, -0.2) is 4.98 Å². The molecule has 3 aromatic rings. The van der Waals surface area contributed by atoms with Gasteiger partial charge in [0, 0.05) is 35.4 Å². The van der Waals surface area contributed by atoms with Gasteiger partial charge in [0.2, 0.25) is 5.91 Å². The number of hydrogen-bond acceptors (Lipinski definition) is 4. The number of hydrogen-bond donors (Lipinski definition) is 2. The summed E-state index contributed by atoms with van der Waals surface area (Å²) in [6.07, 6.45) is 1.35. The van der Waals surface area contributed by atoms with E-state index in [1.165, 1.54) is 36.0 Å². The molecule has 0 saturated heterocycles. The molecule has 4 rings (SSSR count). The number of nitrogens with one attached hydrogen (secondary N) is 2. The standard InChI is InChI=1S/C22H19F3N4O2S/c23-22(24,25)15-4-2-6-17(12-15)28-20(31)14-3-1-5-16(11-14)27-19(30)13-32-21-26-9-10-29(21)18-7-8-18/h1-6,9-12,18H,7-8,13H2,(H,27,30)(H,28,31). The van der Waals surface area contributed by atoms with Crippen LogP contribution in [0, 0.1) is 0 Å². The predicted molar refractivity (Wildman–Crippen MR) is 116 cm³/mol. The van der Waals surface area contributed by atoms with Crippen LogP contribution in [-0.2, 0) is 11.0 Å². The first-order valence-corrected chi connectivity index (χ1v) is 10.8.